The summed E-state index contributed by atoms with van der Waals surface area (Å²) in [5.74, 6) is -0.951. The molecular weight excluding hydrogens is 716 g/mol. The second kappa shape index (κ2) is 11.7. The highest BCUT2D eigenvalue weighted by Gasteiger charge is 2.66. The molecule has 3 aromatic carbocycles. The number of carbonyl (C=O) groups excluding carboxylic acids is 4. The first-order chi connectivity index (χ1) is 22.1. The molecule has 2 bridgehead atoms. The Labute approximate surface area is 282 Å². The van der Waals surface area contributed by atoms with Crippen molar-refractivity contribution in [2.75, 3.05) is 12.0 Å². The van der Waals surface area contributed by atoms with Crippen LogP contribution in [0.3, 0.4) is 0 Å². The quantitative estimate of drug-likeness (QED) is 0.0876. The summed E-state index contributed by atoms with van der Waals surface area (Å²) in [4.78, 5) is 60.2. The number of ketones is 1. The highest BCUT2D eigenvalue weighted by atomic mass is 79.9. The van der Waals surface area contributed by atoms with E-state index in [1.807, 2.05) is 25.1 Å². The van der Waals surface area contributed by atoms with E-state index in [9.17, 15) is 19.2 Å². The van der Waals surface area contributed by atoms with Crippen LogP contribution >= 0.6 is 31.9 Å². The lowest BCUT2D eigenvalue weighted by molar-refractivity contribution is -0.123. The van der Waals surface area contributed by atoms with Crippen molar-refractivity contribution in [2.45, 2.75) is 36.0 Å². The maximum absolute atomic E-state index is 13.6. The Kier molecular flexibility index (Phi) is 7.84. The van der Waals surface area contributed by atoms with Gasteiger partial charge < -0.3 is 9.47 Å². The Balaban J connectivity index is 1.16. The Morgan fingerprint density at radius 2 is 1.52 bits per heavy atom. The molecule has 1 aromatic heterocycles. The van der Waals surface area contributed by atoms with Crippen molar-refractivity contribution in [1.29, 1.82) is 0 Å². The smallest absolute Gasteiger partial charge is 0.339 e. The minimum atomic E-state index is -1.03. The van der Waals surface area contributed by atoms with E-state index in [4.69, 9.17) is 14.5 Å². The maximum Gasteiger partial charge on any atom is 0.339 e. The molecule has 0 N–H and O–H groups in total. The van der Waals surface area contributed by atoms with Gasteiger partial charge in [-0.25, -0.2) is 9.78 Å². The number of imide groups is 1. The highest BCUT2D eigenvalue weighted by molar-refractivity contribution is 9.12. The Morgan fingerprint density at radius 1 is 0.891 bits per heavy atom. The lowest BCUT2D eigenvalue weighted by Crippen LogP contribution is -2.37. The summed E-state index contributed by atoms with van der Waals surface area (Å²) in [5.41, 5.74) is 3.96. The lowest BCUT2D eigenvalue weighted by atomic mass is 9.81. The average molecular weight is 746 g/mol. The van der Waals surface area contributed by atoms with Gasteiger partial charge in [-0.1, -0.05) is 55.6 Å². The third-order valence-corrected chi connectivity index (χ3v) is 12.8. The highest BCUT2D eigenvalue weighted by Crippen LogP contribution is 2.60. The van der Waals surface area contributed by atoms with Gasteiger partial charge >= 0.3 is 5.97 Å². The van der Waals surface area contributed by atoms with Crippen LogP contribution in [0.4, 0.5) is 5.69 Å². The van der Waals surface area contributed by atoms with E-state index in [0.29, 0.717) is 39.2 Å². The molecule has 7 unspecified atom stereocenters. The minimum absolute atomic E-state index is 0.137. The van der Waals surface area contributed by atoms with Crippen molar-refractivity contribution in [3.63, 3.8) is 0 Å². The van der Waals surface area contributed by atoms with Crippen LogP contribution in [0.25, 0.3) is 22.2 Å². The number of nitrogens with zero attached hydrogens (tertiary/aromatic N) is 2. The molecule has 2 amide bonds. The molecule has 4 aromatic rings. The average Bonchev–Trinajstić information content (AvgIpc) is 3.68. The molecule has 0 radical (unpaired) electrons. The zero-order valence-corrected chi connectivity index (χ0v) is 28.4. The summed E-state index contributed by atoms with van der Waals surface area (Å²) in [6, 6.07) is 21.0. The number of alkyl halides is 2. The summed E-state index contributed by atoms with van der Waals surface area (Å²) in [5, 5.41) is 0.610. The third kappa shape index (κ3) is 4.97. The molecule has 3 fully saturated rings. The number of fused-ring (bicyclic) bond motifs is 6. The number of ether oxygens (including phenoxy) is 2. The van der Waals surface area contributed by atoms with Gasteiger partial charge in [0, 0.05) is 26.2 Å². The van der Waals surface area contributed by atoms with Gasteiger partial charge in [0.25, 0.3) is 0 Å². The zero-order chi connectivity index (χ0) is 32.4. The fourth-order valence-electron chi connectivity index (χ4n) is 7.31. The Bertz CT molecular complexity index is 1880. The number of benzene rings is 3. The van der Waals surface area contributed by atoms with Crippen LogP contribution in [0.15, 0.2) is 72.8 Å². The Morgan fingerprint density at radius 3 is 2.13 bits per heavy atom. The SMILES string of the molecule is COc1ccc(C(=O)C(C)OC(=O)c2cc(-c3ccc(N4C(=O)C5C6CC(C(Br)C6Br)C5C4=O)cc3)nc3ccc(C)cc23)cc1. The molecule has 46 heavy (non-hydrogen) atoms. The molecule has 7 rings (SSSR count). The van der Waals surface area contributed by atoms with E-state index in [2.05, 4.69) is 31.9 Å². The summed E-state index contributed by atoms with van der Waals surface area (Å²) in [6.45, 7) is 3.48. The van der Waals surface area contributed by atoms with E-state index in [-0.39, 0.29) is 56.5 Å². The standard InChI is InChI=1S/C36H30Br2N2O6/c1-17-4-13-27-23(14-17)24(36(44)46-18(2)33(41)20-7-11-22(45-3)12-8-20)16-28(39-27)19-5-9-21(10-6-19)40-34(42)29-25-15-26(30(29)35(40)43)32(38)31(25)37/h4-14,16,18,25-26,29-32H,15H2,1-3H3. The number of aromatic nitrogens is 1. The number of carbonyl (C=O) groups is 4. The number of methoxy groups -OCH3 is 1. The van der Waals surface area contributed by atoms with E-state index >= 15 is 0 Å². The van der Waals surface area contributed by atoms with Crippen LogP contribution in [-0.2, 0) is 14.3 Å². The van der Waals surface area contributed by atoms with E-state index in [0.717, 1.165) is 12.0 Å². The monoisotopic (exact) mass is 744 g/mol. The molecule has 3 aliphatic rings. The van der Waals surface area contributed by atoms with Crippen molar-refractivity contribution in [1.82, 2.24) is 4.98 Å². The summed E-state index contributed by atoms with van der Waals surface area (Å²) in [7, 11) is 1.55. The number of anilines is 1. The van der Waals surface area contributed by atoms with Gasteiger partial charge in [0.05, 0.1) is 41.4 Å². The molecule has 7 atom stereocenters. The molecule has 2 saturated carbocycles. The first-order valence-electron chi connectivity index (χ1n) is 15.1. The van der Waals surface area contributed by atoms with Gasteiger partial charge in [-0.05, 0) is 86.7 Å². The summed E-state index contributed by atoms with van der Waals surface area (Å²) >= 11 is 7.48. The summed E-state index contributed by atoms with van der Waals surface area (Å²) in [6.07, 6.45) is -0.154. The topological polar surface area (TPSA) is 103 Å². The largest absolute Gasteiger partial charge is 0.497 e. The van der Waals surface area contributed by atoms with E-state index in [1.165, 1.54) is 4.90 Å². The number of rotatable bonds is 7. The second-order valence-electron chi connectivity index (χ2n) is 12.3. The first-order valence-corrected chi connectivity index (χ1v) is 17.0. The first kappa shape index (κ1) is 30.7. The van der Waals surface area contributed by atoms with Crippen LogP contribution in [0.1, 0.15) is 39.6 Å². The number of aryl methyl sites for hydroxylation is 1. The predicted molar refractivity (Wildman–Crippen MR) is 181 cm³/mol. The number of pyridine rings is 1. The van der Waals surface area contributed by atoms with Gasteiger partial charge in [0.15, 0.2) is 6.10 Å². The molecule has 2 aliphatic carbocycles. The fraction of sp³-hybridized carbons (Fsp3) is 0.306. The van der Waals surface area contributed by atoms with E-state index < -0.39 is 12.1 Å². The number of amides is 2. The fourth-order valence-corrected chi connectivity index (χ4v) is 9.18. The van der Waals surface area contributed by atoms with Crippen LogP contribution in [0.2, 0.25) is 0 Å². The number of halogens is 2. The van der Waals surface area contributed by atoms with Gasteiger partial charge in [0.1, 0.15) is 5.75 Å². The molecule has 1 saturated heterocycles. The van der Waals surface area contributed by atoms with Crippen molar-refractivity contribution in [3.05, 3.63) is 89.5 Å². The van der Waals surface area contributed by atoms with Crippen molar-refractivity contribution < 1.29 is 28.7 Å². The number of hydrogen-bond acceptors (Lipinski definition) is 7. The van der Waals surface area contributed by atoms with Gasteiger partial charge in [-0.3, -0.25) is 19.3 Å². The van der Waals surface area contributed by atoms with Gasteiger partial charge in [-0.15, -0.1) is 0 Å². The number of Topliss-reactive ketones (excluding diaryl/α,β-unsaturated/α-hetero) is 1. The molecular formula is C36H30Br2N2O6. The van der Waals surface area contributed by atoms with Crippen LogP contribution in [0.5, 0.6) is 5.75 Å². The van der Waals surface area contributed by atoms with Crippen molar-refractivity contribution in [3.8, 4) is 17.0 Å². The summed E-state index contributed by atoms with van der Waals surface area (Å²) < 4.78 is 10.9. The molecule has 8 nitrogen and oxygen atoms in total. The molecule has 234 valence electrons. The van der Waals surface area contributed by atoms with Crippen molar-refractivity contribution >= 4 is 72.0 Å². The molecule has 2 heterocycles. The van der Waals surface area contributed by atoms with Crippen LogP contribution in [-0.4, -0.2) is 51.4 Å². The number of esters is 1. The Hall–Kier alpha value is -3.89. The normalized spacial score (nSPS) is 25.5. The number of hydrogen-bond donors (Lipinski definition) is 0. The van der Waals surface area contributed by atoms with Crippen LogP contribution in [0, 0.1) is 30.6 Å². The lowest BCUT2D eigenvalue weighted by Gasteiger charge is -2.28. The molecule has 1 aliphatic heterocycles. The molecule has 0 spiro atoms. The van der Waals surface area contributed by atoms with E-state index in [1.54, 1.807) is 68.6 Å². The maximum atomic E-state index is 13.6. The zero-order valence-electron chi connectivity index (χ0n) is 25.3. The second-order valence-corrected chi connectivity index (χ2v) is 14.4. The van der Waals surface area contributed by atoms with Gasteiger partial charge in [0.2, 0.25) is 17.6 Å². The van der Waals surface area contributed by atoms with Gasteiger partial charge in [-0.2, -0.15) is 0 Å². The van der Waals surface area contributed by atoms with Crippen LogP contribution < -0.4 is 9.64 Å². The minimum Gasteiger partial charge on any atom is -0.497 e. The predicted octanol–water partition coefficient (Wildman–Crippen LogP) is 6.93. The third-order valence-electron chi connectivity index (χ3n) is 9.62. The van der Waals surface area contributed by atoms with Crippen molar-refractivity contribution in [2.24, 2.45) is 23.7 Å². The molecule has 10 heteroatoms.